The largest absolute Gasteiger partial charge is 0.0721 e. The third kappa shape index (κ3) is 12.1. The lowest BCUT2D eigenvalue weighted by Crippen LogP contribution is -2.76. The Balaban J connectivity index is 3.84. The van der Waals surface area contributed by atoms with Crippen LogP contribution < -0.4 is 0 Å². The first-order valence-electron chi connectivity index (χ1n) is 35.4. The van der Waals surface area contributed by atoms with Crippen LogP contribution >= 0.6 is 0 Å². The average Bonchev–Trinajstić information content (AvgIpc) is 3.91. The highest BCUT2D eigenvalue weighted by atomic mass is 31.4. The van der Waals surface area contributed by atoms with E-state index in [-0.39, 0.29) is 0 Å². The van der Waals surface area contributed by atoms with Gasteiger partial charge >= 0.3 is 0 Å². The highest BCUT2D eigenvalue weighted by Crippen LogP contribution is 3.11. The lowest BCUT2D eigenvalue weighted by atomic mass is 11.6. The lowest BCUT2D eigenvalue weighted by molar-refractivity contribution is 1.28. The highest BCUT2D eigenvalue weighted by Gasteiger charge is 3.45. The second kappa shape index (κ2) is 22.4. The van der Waals surface area contributed by atoms with Crippen LogP contribution in [0.2, 0.25) is 379 Å². The van der Waals surface area contributed by atoms with E-state index in [0.717, 1.165) is 0 Å². The molecule has 4 heterocycles. The maximum Gasteiger partial charge on any atom is 0.0418 e. The summed E-state index contributed by atoms with van der Waals surface area (Å²) in [5.41, 5.74) is 0. The summed E-state index contributed by atoms with van der Waals surface area (Å²) in [6.07, 6.45) is -8.04. The van der Waals surface area contributed by atoms with Crippen molar-refractivity contribution in [3.05, 3.63) is 0 Å². The molecule has 24 heteroatoms. The van der Waals surface area contributed by atoms with Gasteiger partial charge in [0.1, 0.15) is 0 Å². The zero-order chi connectivity index (χ0) is 68.6. The average molecular weight is 1560 g/mol. The van der Waals surface area contributed by atoms with Crippen molar-refractivity contribution in [1.29, 1.82) is 0 Å². The number of hydrogen-bond acceptors (Lipinski definition) is 0. The van der Waals surface area contributed by atoms with Crippen molar-refractivity contribution in [1.82, 2.24) is 0 Å². The molecule has 4 rings (SSSR count). The quantitative estimate of drug-likeness (QED) is 0.0685. The van der Waals surface area contributed by atoms with Gasteiger partial charge in [-0.05, 0) is 0 Å². The van der Waals surface area contributed by atoms with Crippen LogP contribution in [0.25, 0.3) is 0 Å². The zero-order valence-corrected chi connectivity index (χ0v) is 92.6. The minimum atomic E-state index is -2.20. The monoisotopic (exact) mass is 1560 g/mol. The summed E-state index contributed by atoms with van der Waals surface area (Å²) in [5, 5.41) is 0. The summed E-state index contributed by atoms with van der Waals surface area (Å²) in [4.78, 5) is 9.66. The van der Waals surface area contributed by atoms with Gasteiger partial charge in [-0.25, -0.2) is 0 Å². The van der Waals surface area contributed by atoms with Gasteiger partial charge in [-0.1, -0.05) is 379 Å². The summed E-state index contributed by atoms with van der Waals surface area (Å²) in [6, 6.07) is 0. The Morgan fingerprint density at radius 1 is 0.107 bits per heavy atom. The molecule has 0 aromatic rings. The Bertz CT molecular complexity index is 1780. The fourth-order valence-corrected chi connectivity index (χ4v) is 1310. The minimum absolute atomic E-state index is 1.21. The Hall–Kier alpha value is 5.21. The maximum atomic E-state index is 3.78. The minimum Gasteiger partial charge on any atom is -0.0721 e. The Morgan fingerprint density at radius 3 is 0.190 bits per heavy atom. The molecule has 4 aliphatic heterocycles. The van der Waals surface area contributed by atoms with Crippen molar-refractivity contribution in [2.45, 2.75) is 379 Å². The van der Waals surface area contributed by atoms with Gasteiger partial charge in [0.15, 0.2) is 0 Å². The fraction of sp³-hybridized carbons (Fsp3) is 1.00. The van der Waals surface area contributed by atoms with Crippen LogP contribution in [0.5, 0.6) is 0 Å². The molecule has 0 aromatic heterocycles. The summed E-state index contributed by atoms with van der Waals surface area (Å²) >= 11 is 0. The zero-order valence-electron chi connectivity index (χ0n) is 68.6. The van der Waals surface area contributed by atoms with Gasteiger partial charge < -0.3 is 0 Å². The van der Waals surface area contributed by atoms with E-state index in [1.54, 1.807) is 0 Å². The summed E-state index contributed by atoms with van der Waals surface area (Å²) in [6.45, 7) is 167. The summed E-state index contributed by atoms with van der Waals surface area (Å²) in [7, 11) is -37.1. The molecule has 500 valence electrons. The molecular weight excluding hydrogens is 1390 g/mol. The normalized spacial score (nSPS) is 25.0. The van der Waals surface area contributed by atoms with Crippen LogP contribution in [0.4, 0.5) is 0 Å². The van der Waals surface area contributed by atoms with Crippen molar-refractivity contribution < 1.29 is 0 Å². The van der Waals surface area contributed by atoms with Crippen molar-refractivity contribution in [2.75, 3.05) is 0 Å². The molecule has 0 spiro atoms. The molecule has 0 aromatic carbocycles. The second-order valence-electron chi connectivity index (χ2n) is 49.5. The Labute approximate surface area is 556 Å². The van der Waals surface area contributed by atoms with Crippen molar-refractivity contribution >= 4 is 184 Å². The Kier molecular flexibility index (Phi) is 22.2. The van der Waals surface area contributed by atoms with Crippen molar-refractivity contribution in [3.8, 4) is 0 Å². The van der Waals surface area contributed by atoms with E-state index in [4.69, 9.17) is 0 Å². The first-order chi connectivity index (χ1) is 35.4. The molecule has 0 nitrogen and oxygen atoms in total. The van der Waals surface area contributed by atoms with E-state index in [2.05, 4.69) is 340 Å². The first-order valence-corrected chi connectivity index (χ1v) is 121. The lowest BCUT2D eigenvalue weighted by Gasteiger charge is -2.62. The molecule has 0 saturated carbocycles. The van der Waals surface area contributed by atoms with Crippen LogP contribution in [-0.2, 0) is 0 Å². The topological polar surface area (TPSA) is 0 Å². The van der Waals surface area contributed by atoms with Crippen LogP contribution in [0.3, 0.4) is 0 Å². The van der Waals surface area contributed by atoms with E-state index in [1.807, 2.05) is 0 Å². The molecule has 0 N–H and O–H groups in total. The molecule has 84 heavy (non-hydrogen) atoms. The second-order valence-corrected chi connectivity index (χ2v) is 254. The van der Waals surface area contributed by atoms with Crippen molar-refractivity contribution in [3.63, 3.8) is 0 Å². The molecule has 0 bridgehead atoms. The van der Waals surface area contributed by atoms with Crippen LogP contribution in [0.1, 0.15) is 0 Å². The van der Waals surface area contributed by atoms with Crippen LogP contribution in [0, 0.1) is 0 Å². The molecule has 0 atom stereocenters. The third-order valence-electron chi connectivity index (χ3n) is 25.0. The van der Waals surface area contributed by atoms with Crippen molar-refractivity contribution in [2.24, 2.45) is 0 Å². The Morgan fingerprint density at radius 2 is 0.155 bits per heavy atom. The number of rotatable bonds is 28. The molecule has 0 aliphatic carbocycles. The SMILES string of the molecule is C[Si](C)(C)C([Si](C)(C)C)[Si](C)(C([Si](C)(C)C)[Si](C)(C)C)[Si]12[Si]3([Si](C)(C([Si](C)(C)C)[Si](C)(C)C)C([Si](C)(C)C)[Si](C)(C)C)[Si]1([Si](C)(C([Si](C)(C)C)[Si](C)(C)C)C([Si](C)(C)C)[Si](C)(C)C)[Si]23[Si](C)(C([Si](C)(C)C)[Si](C)(C)C)C([Si](C)(C)C)[Si](C)(C)C. The van der Waals surface area contributed by atoms with Gasteiger partial charge in [-0.3, -0.25) is 0 Å². The number of hydrogen-bond donors (Lipinski definition) is 0. The van der Waals surface area contributed by atoms with E-state index >= 15 is 0 Å². The predicted octanol–water partition coefficient (Wildman–Crippen LogP) is 23.9. The fourth-order valence-electron chi connectivity index (χ4n) is 34.1. The van der Waals surface area contributed by atoms with E-state index in [9.17, 15) is 0 Å². The molecule has 4 aliphatic rings. The van der Waals surface area contributed by atoms with Gasteiger partial charge in [-0.2, -0.15) is 0 Å². The van der Waals surface area contributed by atoms with Crippen LogP contribution in [0.15, 0.2) is 0 Å². The summed E-state index contributed by atoms with van der Waals surface area (Å²) in [5.74, 6) is 0. The molecular formula is C60H164Si24. The standard InChI is InChI=1S/C60H164Si24/c1-61(2,3)53(62(4,5)6)77(49,54(63(7,8)9)64(10,11)12)81-82(78(50,55(65(13,14)15)66(16,17)18)56(67(19,20)21)68(22,23)24)83(81,79(51,57(69(25,26)27)70(28,29)30)58(71(31,32)33)72(34,35)36)84(81,82)80(52,59(73(37,38)39)74(40,41)42)60(75(43,44)45)76(46,47)48/h53-60H,1-52H3. The molecule has 4 saturated heterocycles. The molecule has 4 fully saturated rings. The van der Waals surface area contributed by atoms with E-state index < -0.39 is 184 Å². The first kappa shape index (κ1) is 83.4. The third-order valence-corrected chi connectivity index (χ3v) is 502. The molecule has 0 unspecified atom stereocenters. The van der Waals surface area contributed by atoms with Gasteiger partial charge in [0, 0.05) is 184 Å². The van der Waals surface area contributed by atoms with Gasteiger partial charge in [0.05, 0.1) is 0 Å². The maximum absolute atomic E-state index is 3.78. The van der Waals surface area contributed by atoms with Gasteiger partial charge in [0.25, 0.3) is 0 Å². The molecule has 0 radical (unpaired) electrons. The van der Waals surface area contributed by atoms with Crippen LogP contribution in [-0.4, -0.2) is 184 Å². The van der Waals surface area contributed by atoms with Gasteiger partial charge in [0.2, 0.25) is 0 Å². The van der Waals surface area contributed by atoms with Gasteiger partial charge in [-0.15, -0.1) is 0 Å². The smallest absolute Gasteiger partial charge is 0.0418 e. The highest BCUT2D eigenvalue weighted by molar-refractivity contribution is 9.11. The molecule has 0 amide bonds. The van der Waals surface area contributed by atoms with E-state index in [1.165, 1.54) is 38.3 Å². The predicted molar refractivity (Wildman–Crippen MR) is 473 cm³/mol. The summed E-state index contributed by atoms with van der Waals surface area (Å²) < 4.78 is 0. The van der Waals surface area contributed by atoms with E-state index in [0.29, 0.717) is 0 Å².